The summed E-state index contributed by atoms with van der Waals surface area (Å²) in [5.41, 5.74) is 3.58. The maximum Gasteiger partial charge on any atom is 0.260 e. The number of fused-ring (bicyclic) bond motifs is 1. The standard InChI is InChI=1S/C30H28N2O4S/c1-19-11-13-25(34-2)24(15-19)31-30-32-29(33)28(37-30)17-20-12-14-26(27(16-20)35-3)36-18-22-9-6-8-21-7-4-5-10-23(21)22/h4-17,30-31H,18H2,1-3H3,(H,32,33)/b28-17-. The average Bonchev–Trinajstić information content (AvgIpc) is 3.25. The van der Waals surface area contributed by atoms with Crippen LogP contribution in [0, 0.1) is 6.92 Å². The number of ether oxygens (including phenoxy) is 3. The molecule has 7 heteroatoms. The van der Waals surface area contributed by atoms with Crippen LogP contribution in [0.2, 0.25) is 0 Å². The molecule has 1 aliphatic heterocycles. The quantitative estimate of drug-likeness (QED) is 0.268. The second-order valence-corrected chi connectivity index (χ2v) is 9.81. The molecule has 1 saturated heterocycles. The van der Waals surface area contributed by atoms with Gasteiger partial charge < -0.3 is 24.8 Å². The number of rotatable bonds is 8. The Balaban J connectivity index is 1.30. The summed E-state index contributed by atoms with van der Waals surface area (Å²) in [6.45, 7) is 2.44. The van der Waals surface area contributed by atoms with Gasteiger partial charge in [0.2, 0.25) is 0 Å². The molecule has 1 unspecified atom stereocenters. The first-order valence-corrected chi connectivity index (χ1v) is 12.8. The summed E-state index contributed by atoms with van der Waals surface area (Å²) in [5.74, 6) is 1.84. The Morgan fingerprint density at radius 2 is 1.70 bits per heavy atom. The third kappa shape index (κ3) is 5.52. The van der Waals surface area contributed by atoms with Crippen molar-refractivity contribution in [3.05, 3.63) is 100 Å². The molecule has 4 aromatic carbocycles. The minimum Gasteiger partial charge on any atom is -0.495 e. The van der Waals surface area contributed by atoms with E-state index in [1.54, 1.807) is 14.2 Å². The number of aryl methyl sites for hydroxylation is 1. The molecule has 0 aromatic heterocycles. The summed E-state index contributed by atoms with van der Waals surface area (Å²) in [6.07, 6.45) is 1.85. The van der Waals surface area contributed by atoms with Gasteiger partial charge in [0.15, 0.2) is 17.0 Å². The molecule has 1 heterocycles. The van der Waals surface area contributed by atoms with E-state index in [9.17, 15) is 4.79 Å². The third-order valence-corrected chi connectivity index (χ3v) is 7.15. The van der Waals surface area contributed by atoms with Crippen molar-refractivity contribution in [2.24, 2.45) is 0 Å². The molecule has 4 aromatic rings. The van der Waals surface area contributed by atoms with Gasteiger partial charge in [-0.25, -0.2) is 0 Å². The summed E-state index contributed by atoms with van der Waals surface area (Å²) in [4.78, 5) is 13.3. The van der Waals surface area contributed by atoms with Gasteiger partial charge in [0.1, 0.15) is 12.4 Å². The molecule has 5 rings (SSSR count). The largest absolute Gasteiger partial charge is 0.495 e. The fourth-order valence-electron chi connectivity index (χ4n) is 4.26. The van der Waals surface area contributed by atoms with Crippen molar-refractivity contribution in [1.82, 2.24) is 5.32 Å². The van der Waals surface area contributed by atoms with Crippen LogP contribution >= 0.6 is 11.8 Å². The van der Waals surface area contributed by atoms with Crippen LogP contribution in [0.3, 0.4) is 0 Å². The fourth-order valence-corrected chi connectivity index (χ4v) is 5.24. The second kappa shape index (κ2) is 10.9. The van der Waals surface area contributed by atoms with Gasteiger partial charge in [0, 0.05) is 0 Å². The molecule has 1 aliphatic rings. The van der Waals surface area contributed by atoms with Crippen molar-refractivity contribution >= 4 is 40.2 Å². The molecule has 6 nitrogen and oxygen atoms in total. The molecule has 1 fully saturated rings. The lowest BCUT2D eigenvalue weighted by molar-refractivity contribution is -0.116. The number of hydrogen-bond acceptors (Lipinski definition) is 6. The van der Waals surface area contributed by atoms with E-state index in [1.807, 2.05) is 67.6 Å². The van der Waals surface area contributed by atoms with Crippen LogP contribution < -0.4 is 24.8 Å². The maximum absolute atomic E-state index is 12.7. The molecule has 2 N–H and O–H groups in total. The van der Waals surface area contributed by atoms with Crippen molar-refractivity contribution in [2.75, 3.05) is 19.5 Å². The molecule has 188 valence electrons. The number of thioether (sulfide) groups is 1. The van der Waals surface area contributed by atoms with E-state index in [-0.39, 0.29) is 11.4 Å². The molecule has 0 radical (unpaired) electrons. The van der Waals surface area contributed by atoms with Crippen molar-refractivity contribution in [3.8, 4) is 17.2 Å². The number of benzene rings is 4. The maximum atomic E-state index is 12.7. The Kier molecular flexibility index (Phi) is 7.23. The number of amides is 1. The van der Waals surface area contributed by atoms with Crippen molar-refractivity contribution in [2.45, 2.75) is 19.0 Å². The van der Waals surface area contributed by atoms with E-state index in [1.165, 1.54) is 22.5 Å². The van der Waals surface area contributed by atoms with Crippen LogP contribution in [0.15, 0.2) is 83.8 Å². The fraction of sp³-hybridized carbons (Fsp3) is 0.167. The number of carbonyl (C=O) groups is 1. The predicted octanol–water partition coefficient (Wildman–Crippen LogP) is 6.34. The topological polar surface area (TPSA) is 68.8 Å². The lowest BCUT2D eigenvalue weighted by atomic mass is 10.1. The van der Waals surface area contributed by atoms with E-state index in [0.29, 0.717) is 23.0 Å². The van der Waals surface area contributed by atoms with Crippen molar-refractivity contribution < 1.29 is 19.0 Å². The zero-order chi connectivity index (χ0) is 25.8. The van der Waals surface area contributed by atoms with Gasteiger partial charge in [-0.15, -0.1) is 0 Å². The Hall–Kier alpha value is -4.10. The van der Waals surface area contributed by atoms with E-state index < -0.39 is 0 Å². The second-order valence-electron chi connectivity index (χ2n) is 8.67. The highest BCUT2D eigenvalue weighted by Gasteiger charge is 2.28. The van der Waals surface area contributed by atoms with Crippen molar-refractivity contribution in [1.29, 1.82) is 0 Å². The Bertz CT molecular complexity index is 1480. The number of carbonyl (C=O) groups excluding carboxylic acids is 1. The lowest BCUT2D eigenvalue weighted by Crippen LogP contribution is -2.31. The number of methoxy groups -OCH3 is 2. The van der Waals surface area contributed by atoms with Crippen LogP contribution in [-0.2, 0) is 11.4 Å². The molecule has 1 amide bonds. The minimum atomic E-state index is -0.306. The van der Waals surface area contributed by atoms with Gasteiger partial charge in [-0.05, 0) is 64.7 Å². The van der Waals surface area contributed by atoms with Crippen molar-refractivity contribution in [3.63, 3.8) is 0 Å². The Labute approximate surface area is 220 Å². The molecule has 0 bridgehead atoms. The van der Waals surface area contributed by atoms with Crippen LogP contribution in [0.4, 0.5) is 5.69 Å². The highest BCUT2D eigenvalue weighted by Crippen LogP contribution is 2.35. The molecule has 0 spiro atoms. The van der Waals surface area contributed by atoms with Gasteiger partial charge >= 0.3 is 0 Å². The molecular formula is C30H28N2O4S. The third-order valence-electron chi connectivity index (χ3n) is 6.12. The molecular weight excluding hydrogens is 484 g/mol. The summed E-state index contributed by atoms with van der Waals surface area (Å²) in [6, 6.07) is 26.0. The molecule has 1 atom stereocenters. The van der Waals surface area contributed by atoms with E-state index >= 15 is 0 Å². The SMILES string of the molecule is COc1ccc(C)cc1NC1NC(=O)/C(=C/c2ccc(OCc3cccc4ccccc34)c(OC)c2)S1. The zero-order valence-corrected chi connectivity index (χ0v) is 21.7. The highest BCUT2D eigenvalue weighted by atomic mass is 32.2. The Morgan fingerprint density at radius 3 is 2.54 bits per heavy atom. The van der Waals surface area contributed by atoms with Crippen LogP contribution in [0.5, 0.6) is 17.2 Å². The smallest absolute Gasteiger partial charge is 0.260 e. The van der Waals surface area contributed by atoms with Crippen LogP contribution in [-0.4, -0.2) is 25.6 Å². The monoisotopic (exact) mass is 512 g/mol. The lowest BCUT2D eigenvalue weighted by Gasteiger charge is -2.16. The van der Waals surface area contributed by atoms with Gasteiger partial charge in [-0.3, -0.25) is 4.79 Å². The van der Waals surface area contributed by atoms with Gasteiger partial charge in [-0.1, -0.05) is 66.4 Å². The minimum absolute atomic E-state index is 0.135. The first-order chi connectivity index (χ1) is 18.0. The van der Waals surface area contributed by atoms with Crippen LogP contribution in [0.1, 0.15) is 16.7 Å². The number of nitrogens with one attached hydrogen (secondary N) is 2. The average molecular weight is 513 g/mol. The molecule has 0 aliphatic carbocycles. The summed E-state index contributed by atoms with van der Waals surface area (Å²) in [5, 5.41) is 8.66. The van der Waals surface area contributed by atoms with Gasteiger partial charge in [0.25, 0.3) is 5.91 Å². The zero-order valence-electron chi connectivity index (χ0n) is 20.9. The van der Waals surface area contributed by atoms with E-state index in [0.717, 1.165) is 28.1 Å². The van der Waals surface area contributed by atoms with E-state index in [2.05, 4.69) is 34.9 Å². The summed E-state index contributed by atoms with van der Waals surface area (Å²) < 4.78 is 17.2. The van der Waals surface area contributed by atoms with Crippen LogP contribution in [0.25, 0.3) is 16.8 Å². The van der Waals surface area contributed by atoms with Gasteiger partial charge in [0.05, 0.1) is 24.8 Å². The normalized spacial score (nSPS) is 16.0. The first-order valence-electron chi connectivity index (χ1n) is 11.9. The Morgan fingerprint density at radius 1 is 0.919 bits per heavy atom. The molecule has 0 saturated carbocycles. The summed E-state index contributed by atoms with van der Waals surface area (Å²) in [7, 11) is 3.24. The molecule has 37 heavy (non-hydrogen) atoms. The van der Waals surface area contributed by atoms with Gasteiger partial charge in [-0.2, -0.15) is 0 Å². The first kappa shape index (κ1) is 24.6. The summed E-state index contributed by atoms with van der Waals surface area (Å²) >= 11 is 1.42. The predicted molar refractivity (Wildman–Crippen MR) is 150 cm³/mol. The number of anilines is 1. The highest BCUT2D eigenvalue weighted by molar-refractivity contribution is 8.05. The van der Waals surface area contributed by atoms with E-state index in [4.69, 9.17) is 14.2 Å². The number of hydrogen-bond donors (Lipinski definition) is 2.